The van der Waals surface area contributed by atoms with Gasteiger partial charge in [0.05, 0.1) is 22.2 Å². The van der Waals surface area contributed by atoms with Gasteiger partial charge in [0, 0.05) is 40.5 Å². The zero-order valence-electron chi connectivity index (χ0n) is 19.3. The Kier molecular flexibility index (Phi) is 5.03. The van der Waals surface area contributed by atoms with Crippen LogP contribution in [0.15, 0.2) is 79.1 Å². The Hall–Kier alpha value is -4.52. The van der Waals surface area contributed by atoms with Gasteiger partial charge in [0.1, 0.15) is 11.5 Å². The maximum atomic E-state index is 14.5. The summed E-state index contributed by atoms with van der Waals surface area (Å²) in [7, 11) is 0. The van der Waals surface area contributed by atoms with E-state index in [-0.39, 0.29) is 5.82 Å². The fourth-order valence-electron chi connectivity index (χ4n) is 4.43. The molecular formula is C28H23FN6. The average molecular weight is 463 g/mol. The van der Waals surface area contributed by atoms with Crippen molar-refractivity contribution >= 4 is 27.6 Å². The van der Waals surface area contributed by atoms with Crippen molar-refractivity contribution in [2.24, 2.45) is 0 Å². The molecule has 172 valence electrons. The van der Waals surface area contributed by atoms with Crippen molar-refractivity contribution in [3.8, 4) is 33.8 Å². The van der Waals surface area contributed by atoms with Crippen molar-refractivity contribution in [1.29, 1.82) is 0 Å². The number of rotatable bonds is 5. The molecule has 0 unspecified atom stereocenters. The van der Waals surface area contributed by atoms with Crippen molar-refractivity contribution in [3.05, 3.63) is 84.9 Å². The minimum atomic E-state index is -0.276. The first kappa shape index (κ1) is 21.0. The summed E-state index contributed by atoms with van der Waals surface area (Å²) < 4.78 is 14.5. The van der Waals surface area contributed by atoms with Crippen molar-refractivity contribution < 1.29 is 4.39 Å². The van der Waals surface area contributed by atoms with Gasteiger partial charge in [-0.1, -0.05) is 36.4 Å². The second-order valence-electron chi connectivity index (χ2n) is 8.86. The third-order valence-corrected chi connectivity index (χ3v) is 5.99. The first-order chi connectivity index (χ1) is 17.1. The zero-order chi connectivity index (χ0) is 23.9. The first-order valence-electron chi connectivity index (χ1n) is 11.5. The molecule has 3 heterocycles. The average Bonchev–Trinajstić information content (AvgIpc) is 3.47. The Morgan fingerprint density at radius 1 is 0.857 bits per heavy atom. The molecule has 0 saturated heterocycles. The normalized spacial score (nSPS) is 11.5. The van der Waals surface area contributed by atoms with E-state index in [0.29, 0.717) is 28.6 Å². The number of nitrogens with one attached hydrogen (secondary N) is 3. The fraction of sp³-hybridized carbons (Fsp3) is 0.107. The van der Waals surface area contributed by atoms with Crippen LogP contribution in [0.4, 0.5) is 10.1 Å². The van der Waals surface area contributed by atoms with E-state index in [2.05, 4.69) is 57.5 Å². The van der Waals surface area contributed by atoms with Crippen LogP contribution in [0, 0.1) is 5.82 Å². The highest BCUT2D eigenvalue weighted by Gasteiger charge is 2.17. The van der Waals surface area contributed by atoms with Crippen LogP contribution in [0.25, 0.3) is 55.7 Å². The number of aromatic amines is 2. The second-order valence-corrected chi connectivity index (χ2v) is 8.86. The molecule has 6 rings (SSSR count). The molecule has 0 spiro atoms. The number of pyridine rings is 1. The van der Waals surface area contributed by atoms with Crippen LogP contribution in [0.5, 0.6) is 0 Å². The first-order valence-corrected chi connectivity index (χ1v) is 11.5. The number of fused-ring (bicyclic) bond motifs is 2. The van der Waals surface area contributed by atoms with Gasteiger partial charge in [0.2, 0.25) is 0 Å². The maximum Gasteiger partial charge on any atom is 0.159 e. The second kappa shape index (κ2) is 8.36. The largest absolute Gasteiger partial charge is 0.382 e. The van der Waals surface area contributed by atoms with Gasteiger partial charge in [-0.05, 0) is 49.7 Å². The Labute approximate surface area is 201 Å². The molecule has 0 radical (unpaired) electrons. The van der Waals surface area contributed by atoms with E-state index >= 15 is 0 Å². The van der Waals surface area contributed by atoms with Gasteiger partial charge in [0.15, 0.2) is 5.82 Å². The van der Waals surface area contributed by atoms with E-state index in [1.54, 1.807) is 12.1 Å². The minimum Gasteiger partial charge on any atom is -0.382 e. The lowest BCUT2D eigenvalue weighted by Crippen LogP contribution is -2.09. The summed E-state index contributed by atoms with van der Waals surface area (Å²) in [5, 5.41) is 12.0. The van der Waals surface area contributed by atoms with Crippen LogP contribution in [0.2, 0.25) is 0 Å². The highest BCUT2D eigenvalue weighted by Crippen LogP contribution is 2.34. The maximum absolute atomic E-state index is 14.5. The summed E-state index contributed by atoms with van der Waals surface area (Å²) in [6, 6.07) is 21.0. The molecule has 0 saturated carbocycles. The van der Waals surface area contributed by atoms with Crippen LogP contribution in [0.3, 0.4) is 0 Å². The highest BCUT2D eigenvalue weighted by molar-refractivity contribution is 5.98. The number of imidazole rings is 1. The summed E-state index contributed by atoms with van der Waals surface area (Å²) in [6.07, 6.45) is 3.68. The molecule has 0 bridgehead atoms. The Bertz CT molecular complexity index is 1680. The molecule has 3 aromatic carbocycles. The van der Waals surface area contributed by atoms with Crippen LogP contribution >= 0.6 is 0 Å². The number of hydrogen-bond acceptors (Lipinski definition) is 4. The number of halogens is 1. The third kappa shape index (κ3) is 3.81. The summed E-state index contributed by atoms with van der Waals surface area (Å²) in [5.41, 5.74) is 7.42. The van der Waals surface area contributed by atoms with Gasteiger partial charge in [-0.2, -0.15) is 5.10 Å². The Balaban J connectivity index is 1.46. The summed E-state index contributed by atoms with van der Waals surface area (Å²) in [4.78, 5) is 12.6. The van der Waals surface area contributed by atoms with Gasteiger partial charge in [0.25, 0.3) is 0 Å². The predicted molar refractivity (Wildman–Crippen MR) is 139 cm³/mol. The Morgan fingerprint density at radius 3 is 2.57 bits per heavy atom. The smallest absolute Gasteiger partial charge is 0.159 e. The van der Waals surface area contributed by atoms with Crippen molar-refractivity contribution in [2.75, 3.05) is 5.32 Å². The molecule has 6 nitrogen and oxygen atoms in total. The molecule has 0 atom stereocenters. The van der Waals surface area contributed by atoms with E-state index < -0.39 is 0 Å². The van der Waals surface area contributed by atoms with Crippen LogP contribution < -0.4 is 5.32 Å². The van der Waals surface area contributed by atoms with Crippen LogP contribution in [-0.2, 0) is 0 Å². The van der Waals surface area contributed by atoms with Gasteiger partial charge in [-0.3, -0.25) is 10.1 Å². The van der Waals surface area contributed by atoms with Gasteiger partial charge >= 0.3 is 0 Å². The van der Waals surface area contributed by atoms with Gasteiger partial charge in [-0.15, -0.1) is 0 Å². The van der Waals surface area contributed by atoms with Crippen molar-refractivity contribution in [1.82, 2.24) is 25.1 Å². The zero-order valence-corrected chi connectivity index (χ0v) is 19.3. The molecule has 0 aliphatic heterocycles. The minimum absolute atomic E-state index is 0.276. The van der Waals surface area contributed by atoms with Crippen LogP contribution in [-0.4, -0.2) is 31.2 Å². The molecule has 6 aromatic rings. The number of anilines is 1. The number of nitrogens with zero attached hydrogens (tertiary/aromatic N) is 3. The number of benzene rings is 3. The molecule has 0 fully saturated rings. The third-order valence-electron chi connectivity index (χ3n) is 5.99. The van der Waals surface area contributed by atoms with E-state index in [0.717, 1.165) is 38.8 Å². The fourth-order valence-corrected chi connectivity index (χ4v) is 4.43. The number of H-pyrrole nitrogens is 2. The lowest BCUT2D eigenvalue weighted by atomic mass is 10.0. The topological polar surface area (TPSA) is 82.3 Å². The summed E-state index contributed by atoms with van der Waals surface area (Å²) in [5.74, 6) is 0.350. The van der Waals surface area contributed by atoms with E-state index in [1.165, 1.54) is 6.07 Å². The standard InChI is InChI=1S/C28H23FN6/c1-16(2)31-19-12-18(14-30-15-19)17-10-11-24-22(13-17)27(35-34-24)28-32-25-9-5-7-21(26(25)33-28)20-6-3-4-8-23(20)29/h3-16,31H,1-2H3,(H,32,33)(H,34,35). The monoisotopic (exact) mass is 462 g/mol. The lowest BCUT2D eigenvalue weighted by molar-refractivity contribution is 0.631. The molecular weight excluding hydrogens is 439 g/mol. The lowest BCUT2D eigenvalue weighted by Gasteiger charge is -2.11. The summed E-state index contributed by atoms with van der Waals surface area (Å²) >= 11 is 0. The van der Waals surface area contributed by atoms with Crippen LogP contribution in [0.1, 0.15) is 13.8 Å². The molecule has 3 N–H and O–H groups in total. The van der Waals surface area contributed by atoms with E-state index in [1.807, 2.05) is 42.7 Å². The van der Waals surface area contributed by atoms with Gasteiger partial charge in [-0.25, -0.2) is 9.37 Å². The van der Waals surface area contributed by atoms with E-state index in [4.69, 9.17) is 4.98 Å². The van der Waals surface area contributed by atoms with Crippen molar-refractivity contribution in [3.63, 3.8) is 0 Å². The number of hydrogen-bond donors (Lipinski definition) is 3. The molecule has 35 heavy (non-hydrogen) atoms. The molecule has 3 aromatic heterocycles. The Morgan fingerprint density at radius 2 is 1.71 bits per heavy atom. The number of aromatic nitrogens is 5. The van der Waals surface area contributed by atoms with Gasteiger partial charge < -0.3 is 10.3 Å². The van der Waals surface area contributed by atoms with E-state index in [9.17, 15) is 4.39 Å². The number of para-hydroxylation sites is 1. The molecule has 7 heteroatoms. The quantitative estimate of drug-likeness (QED) is 0.263. The SMILES string of the molecule is CC(C)Nc1cncc(-c2ccc3[nH]nc(-c4nc5c(-c6ccccc6F)cccc5[nH]4)c3c2)c1. The molecule has 0 aliphatic rings. The molecule has 0 aliphatic carbocycles. The summed E-state index contributed by atoms with van der Waals surface area (Å²) in [6.45, 7) is 4.20. The van der Waals surface area contributed by atoms with Crippen molar-refractivity contribution in [2.45, 2.75) is 19.9 Å². The predicted octanol–water partition coefficient (Wildman–Crippen LogP) is 6.79. The highest BCUT2D eigenvalue weighted by atomic mass is 19.1. The molecule has 0 amide bonds.